The van der Waals surface area contributed by atoms with Gasteiger partial charge in [0.2, 0.25) is 5.82 Å². The van der Waals surface area contributed by atoms with Crippen LogP contribution in [0.4, 0.5) is 22.0 Å². The first kappa shape index (κ1) is 38.1. The molecule has 1 saturated carbocycles. The number of carbonyl (C=O) groups is 1. The first-order valence-electron chi connectivity index (χ1n) is 18.4. The molecular weight excluding hydrogens is 703 g/mol. The Labute approximate surface area is 312 Å². The molecule has 3 fully saturated rings. The van der Waals surface area contributed by atoms with Crippen LogP contribution in [0.1, 0.15) is 92.0 Å². The van der Waals surface area contributed by atoms with Crippen molar-refractivity contribution in [3.05, 3.63) is 130 Å². The van der Waals surface area contributed by atoms with E-state index in [1.165, 1.54) is 12.8 Å². The van der Waals surface area contributed by atoms with Crippen molar-refractivity contribution in [2.45, 2.75) is 84.6 Å². The van der Waals surface area contributed by atoms with Crippen LogP contribution in [0.25, 0.3) is 11.1 Å². The maximum atomic E-state index is 14.3. The Morgan fingerprint density at radius 3 is 2.13 bits per heavy atom. The number of fused-ring (bicyclic) bond motifs is 2. The predicted molar refractivity (Wildman–Crippen MR) is 193 cm³/mol. The molecule has 54 heavy (non-hydrogen) atoms. The lowest BCUT2D eigenvalue weighted by molar-refractivity contribution is -0.276. The van der Waals surface area contributed by atoms with Gasteiger partial charge in [0.15, 0.2) is 29.6 Å². The van der Waals surface area contributed by atoms with Crippen LogP contribution >= 0.6 is 0 Å². The van der Waals surface area contributed by atoms with Crippen LogP contribution in [0.2, 0.25) is 0 Å². The standard InChI is InChI=1S/C43H45F5N2O4/c1-24-32(20-50-23-43(4)18-30(50)17-42(2,3)22-43)53-41(54-39(24)27-11-9-25(21-51)10-12-27)28-15-13-26(14-16-28)31-8-6-5-7-29(31)19-49-40(52)33-34(44)36(46)38(48)37(47)35(33)45/h5-16,24,30,32,39,41,51H,17-23H2,1-4H3,(H,49,52). The normalized spacial score (nSPS) is 26.5. The average molecular weight is 749 g/mol. The van der Waals surface area contributed by atoms with Crippen molar-refractivity contribution in [2.24, 2.45) is 16.7 Å². The van der Waals surface area contributed by atoms with Gasteiger partial charge in [-0.05, 0) is 57.9 Å². The highest BCUT2D eigenvalue weighted by atomic mass is 19.2. The summed E-state index contributed by atoms with van der Waals surface area (Å²) >= 11 is 0. The number of carbonyl (C=O) groups excluding carboxylic acids is 1. The molecule has 2 saturated heterocycles. The molecule has 0 aromatic heterocycles. The molecule has 2 aliphatic heterocycles. The van der Waals surface area contributed by atoms with Crippen LogP contribution in [0, 0.1) is 45.8 Å². The second kappa shape index (κ2) is 14.8. The van der Waals surface area contributed by atoms with Gasteiger partial charge in [0.25, 0.3) is 5.91 Å². The second-order valence-electron chi connectivity index (χ2n) is 16.4. The number of ether oxygens (including phenoxy) is 2. The van der Waals surface area contributed by atoms with E-state index in [9.17, 15) is 31.9 Å². The topological polar surface area (TPSA) is 71.0 Å². The summed E-state index contributed by atoms with van der Waals surface area (Å²) in [7, 11) is 0. The number of nitrogens with one attached hydrogen (secondary N) is 1. The Hall–Kier alpha value is -4.16. The third-order valence-corrected chi connectivity index (χ3v) is 11.4. The van der Waals surface area contributed by atoms with Gasteiger partial charge in [-0.25, -0.2) is 22.0 Å². The fraction of sp³-hybridized carbons (Fsp3) is 0.419. The van der Waals surface area contributed by atoms with E-state index in [1.807, 2.05) is 48.5 Å². The molecule has 0 spiro atoms. The smallest absolute Gasteiger partial charge is 0.257 e. The van der Waals surface area contributed by atoms with E-state index < -0.39 is 46.8 Å². The number of aliphatic hydroxyl groups is 1. The molecule has 286 valence electrons. The lowest BCUT2D eigenvalue weighted by atomic mass is 9.65. The summed E-state index contributed by atoms with van der Waals surface area (Å²) in [6, 6.07) is 22.9. The van der Waals surface area contributed by atoms with Crippen LogP contribution in [-0.4, -0.2) is 41.1 Å². The van der Waals surface area contributed by atoms with Crippen LogP contribution < -0.4 is 5.32 Å². The van der Waals surface area contributed by atoms with Gasteiger partial charge in [-0.2, -0.15) is 0 Å². The van der Waals surface area contributed by atoms with E-state index >= 15 is 0 Å². The molecule has 11 heteroatoms. The summed E-state index contributed by atoms with van der Waals surface area (Å²) in [6.07, 6.45) is 2.48. The Morgan fingerprint density at radius 2 is 1.46 bits per heavy atom. The third kappa shape index (κ3) is 7.43. The van der Waals surface area contributed by atoms with Crippen molar-refractivity contribution in [3.63, 3.8) is 0 Å². The molecule has 6 unspecified atom stereocenters. The van der Waals surface area contributed by atoms with E-state index in [2.05, 4.69) is 37.9 Å². The first-order chi connectivity index (χ1) is 25.7. The molecule has 6 nitrogen and oxygen atoms in total. The van der Waals surface area contributed by atoms with Gasteiger partial charge < -0.3 is 19.9 Å². The summed E-state index contributed by atoms with van der Waals surface area (Å²) in [5, 5.41) is 11.9. The summed E-state index contributed by atoms with van der Waals surface area (Å²) in [6.45, 7) is 10.8. The Balaban J connectivity index is 1.12. The fourth-order valence-electron chi connectivity index (χ4n) is 9.19. The monoisotopic (exact) mass is 748 g/mol. The lowest BCUT2D eigenvalue weighted by Crippen LogP contribution is -2.46. The molecule has 2 heterocycles. The fourth-order valence-corrected chi connectivity index (χ4v) is 9.19. The van der Waals surface area contributed by atoms with Crippen LogP contribution in [0.3, 0.4) is 0 Å². The van der Waals surface area contributed by atoms with Crippen LogP contribution in [0.15, 0.2) is 72.8 Å². The summed E-state index contributed by atoms with van der Waals surface area (Å²) < 4.78 is 83.2. The largest absolute Gasteiger partial charge is 0.392 e. The number of benzene rings is 4. The van der Waals surface area contributed by atoms with Crippen molar-refractivity contribution in [2.75, 3.05) is 13.1 Å². The molecule has 1 amide bonds. The SMILES string of the molecule is CC1C(CN2CC3(C)CC2CC(C)(C)C3)OC(c2ccc(-c3ccccc3CNC(=O)c3c(F)c(F)c(F)c(F)c3F)cc2)OC1c1ccc(CO)cc1. The number of likely N-dealkylation sites (tertiary alicyclic amines) is 1. The van der Waals surface area contributed by atoms with Crippen LogP contribution in [0.5, 0.6) is 0 Å². The Morgan fingerprint density at radius 1 is 0.833 bits per heavy atom. The highest BCUT2D eigenvalue weighted by Crippen LogP contribution is 2.53. The number of hydrogen-bond donors (Lipinski definition) is 2. The summed E-state index contributed by atoms with van der Waals surface area (Å²) in [5.74, 6) is -12.5. The molecule has 3 aliphatic rings. The van der Waals surface area contributed by atoms with Crippen molar-refractivity contribution in [1.82, 2.24) is 10.2 Å². The minimum Gasteiger partial charge on any atom is -0.392 e. The first-order valence-corrected chi connectivity index (χ1v) is 18.4. The molecule has 2 N–H and O–H groups in total. The zero-order chi connectivity index (χ0) is 38.5. The molecule has 2 bridgehead atoms. The van der Waals surface area contributed by atoms with Crippen molar-refractivity contribution in [3.8, 4) is 11.1 Å². The number of aliphatic hydroxyl groups excluding tert-OH is 1. The quantitative estimate of drug-likeness (QED) is 0.102. The van der Waals surface area contributed by atoms with E-state index in [1.54, 1.807) is 24.3 Å². The van der Waals surface area contributed by atoms with E-state index in [-0.39, 0.29) is 42.1 Å². The lowest BCUT2D eigenvalue weighted by Gasteiger charge is -2.43. The van der Waals surface area contributed by atoms with Gasteiger partial charge in [-0.3, -0.25) is 9.69 Å². The third-order valence-electron chi connectivity index (χ3n) is 11.4. The zero-order valence-electron chi connectivity index (χ0n) is 30.8. The van der Waals surface area contributed by atoms with Gasteiger partial charge in [0, 0.05) is 37.2 Å². The van der Waals surface area contributed by atoms with Crippen molar-refractivity contribution < 1.29 is 41.3 Å². The van der Waals surface area contributed by atoms with E-state index in [0.29, 0.717) is 17.2 Å². The van der Waals surface area contributed by atoms with Gasteiger partial charge in [-0.1, -0.05) is 100 Å². The number of hydrogen-bond acceptors (Lipinski definition) is 5. The maximum absolute atomic E-state index is 14.3. The Kier molecular flexibility index (Phi) is 10.5. The molecule has 1 aliphatic carbocycles. The minimum atomic E-state index is -2.33. The number of nitrogens with zero attached hydrogens (tertiary/aromatic N) is 1. The van der Waals surface area contributed by atoms with Crippen molar-refractivity contribution in [1.29, 1.82) is 0 Å². The Bertz CT molecular complexity index is 1990. The number of amides is 1. The highest BCUT2D eigenvalue weighted by molar-refractivity contribution is 5.95. The van der Waals surface area contributed by atoms with E-state index in [4.69, 9.17) is 9.47 Å². The maximum Gasteiger partial charge on any atom is 0.257 e. The highest BCUT2D eigenvalue weighted by Gasteiger charge is 2.51. The minimum absolute atomic E-state index is 0.0358. The van der Waals surface area contributed by atoms with Gasteiger partial charge >= 0.3 is 0 Å². The molecule has 7 rings (SSSR count). The van der Waals surface area contributed by atoms with Crippen LogP contribution in [-0.2, 0) is 22.6 Å². The molecule has 0 radical (unpaired) electrons. The van der Waals surface area contributed by atoms with Gasteiger partial charge in [0.05, 0.1) is 18.8 Å². The van der Waals surface area contributed by atoms with Gasteiger partial charge in [-0.15, -0.1) is 0 Å². The number of rotatable bonds is 9. The molecule has 6 atom stereocenters. The zero-order valence-corrected chi connectivity index (χ0v) is 30.8. The van der Waals surface area contributed by atoms with Gasteiger partial charge in [0.1, 0.15) is 5.56 Å². The predicted octanol–water partition coefficient (Wildman–Crippen LogP) is 9.16. The summed E-state index contributed by atoms with van der Waals surface area (Å²) in [4.78, 5) is 15.3. The summed E-state index contributed by atoms with van der Waals surface area (Å²) in [5.41, 5.74) is 3.66. The van der Waals surface area contributed by atoms with E-state index in [0.717, 1.165) is 41.8 Å². The molecule has 4 aromatic rings. The van der Waals surface area contributed by atoms with Crippen molar-refractivity contribution >= 4 is 5.91 Å². The molecule has 4 aromatic carbocycles. The second-order valence-corrected chi connectivity index (χ2v) is 16.4. The number of halogens is 5. The average Bonchev–Trinajstić information content (AvgIpc) is 3.40. The molecular formula is C43H45F5N2O4.